The summed E-state index contributed by atoms with van der Waals surface area (Å²) in [6.45, 7) is 0.216. The zero-order chi connectivity index (χ0) is 22.7. The average Bonchev–Trinajstić information content (AvgIpc) is 2.81. The van der Waals surface area contributed by atoms with Crippen molar-refractivity contribution in [2.75, 3.05) is 7.11 Å². The van der Waals surface area contributed by atoms with Gasteiger partial charge in [0.2, 0.25) is 11.9 Å². The molecule has 1 aliphatic heterocycles. The summed E-state index contributed by atoms with van der Waals surface area (Å²) < 4.78 is 5.29. The van der Waals surface area contributed by atoms with Crippen molar-refractivity contribution in [2.45, 2.75) is 31.0 Å². The second kappa shape index (κ2) is 9.09. The van der Waals surface area contributed by atoms with E-state index in [0.29, 0.717) is 11.3 Å². The SMILES string of the molecule is COc1cccc(CN2C(=O)C[C@@H](c3ccccc3)[C@H]([N+](=O)[O-])[C@H]2c2ccc(O)cc2)c1. The molecule has 3 atom stereocenters. The summed E-state index contributed by atoms with van der Waals surface area (Å²) in [6.07, 6.45) is 0.0498. The van der Waals surface area contributed by atoms with E-state index in [2.05, 4.69) is 0 Å². The van der Waals surface area contributed by atoms with Crippen molar-refractivity contribution in [3.63, 3.8) is 0 Å². The van der Waals surface area contributed by atoms with E-state index in [4.69, 9.17) is 4.74 Å². The number of phenolic OH excluding ortho intramolecular Hbond substituents is 1. The molecular weight excluding hydrogens is 408 g/mol. The molecule has 1 N–H and O–H groups in total. The van der Waals surface area contributed by atoms with Gasteiger partial charge in [0.1, 0.15) is 17.5 Å². The summed E-state index contributed by atoms with van der Waals surface area (Å²) in [7, 11) is 1.57. The number of benzene rings is 3. The normalized spacial score (nSPS) is 20.7. The minimum absolute atomic E-state index is 0.0498. The number of aromatic hydroxyl groups is 1. The van der Waals surface area contributed by atoms with E-state index in [1.165, 1.54) is 12.1 Å². The predicted molar refractivity (Wildman–Crippen MR) is 119 cm³/mol. The quantitative estimate of drug-likeness (QED) is 0.463. The molecule has 1 saturated heterocycles. The Kier molecular flexibility index (Phi) is 6.07. The van der Waals surface area contributed by atoms with Crippen LogP contribution in [0.25, 0.3) is 0 Å². The van der Waals surface area contributed by atoms with Crippen LogP contribution in [-0.2, 0) is 11.3 Å². The summed E-state index contributed by atoms with van der Waals surface area (Å²) in [5.41, 5.74) is 2.20. The number of phenols is 1. The van der Waals surface area contributed by atoms with Crippen LogP contribution in [0.4, 0.5) is 0 Å². The van der Waals surface area contributed by atoms with E-state index in [1.807, 2.05) is 54.6 Å². The molecule has 1 fully saturated rings. The predicted octanol–water partition coefficient (Wildman–Crippen LogP) is 4.30. The van der Waals surface area contributed by atoms with Gasteiger partial charge in [0.05, 0.1) is 13.0 Å². The smallest absolute Gasteiger partial charge is 0.244 e. The number of methoxy groups -OCH3 is 1. The number of ether oxygens (including phenoxy) is 1. The van der Waals surface area contributed by atoms with Gasteiger partial charge in [-0.05, 0) is 41.0 Å². The number of hydrogen-bond acceptors (Lipinski definition) is 5. The Labute approximate surface area is 186 Å². The number of rotatable bonds is 6. The maximum atomic E-state index is 13.4. The Hall–Kier alpha value is -3.87. The molecule has 1 amide bonds. The molecule has 0 aliphatic carbocycles. The molecule has 0 bridgehead atoms. The lowest BCUT2D eigenvalue weighted by molar-refractivity contribution is -0.537. The van der Waals surface area contributed by atoms with Gasteiger partial charge in [-0.15, -0.1) is 0 Å². The van der Waals surface area contributed by atoms with Gasteiger partial charge in [-0.3, -0.25) is 14.9 Å². The maximum Gasteiger partial charge on any atom is 0.244 e. The number of nitro groups is 1. The molecule has 1 aliphatic rings. The molecule has 7 heteroatoms. The molecule has 32 heavy (non-hydrogen) atoms. The standard InChI is InChI=1S/C25H24N2O5/c1-32-21-9-5-6-17(14-21)16-26-23(29)15-22(18-7-3-2-4-8-18)25(27(30)31)24(26)19-10-12-20(28)13-11-19/h2-14,22,24-25,28H,15-16H2,1H3/t22-,24+,25-/m0/s1. The molecule has 0 spiro atoms. The summed E-state index contributed by atoms with van der Waals surface area (Å²) in [5.74, 6) is 0.00512. The Morgan fingerprint density at radius 2 is 1.75 bits per heavy atom. The lowest BCUT2D eigenvalue weighted by Crippen LogP contribution is -2.51. The van der Waals surface area contributed by atoms with Crippen molar-refractivity contribution in [3.8, 4) is 11.5 Å². The molecule has 0 unspecified atom stereocenters. The Morgan fingerprint density at radius 3 is 2.41 bits per heavy atom. The highest BCUT2D eigenvalue weighted by Gasteiger charge is 2.50. The van der Waals surface area contributed by atoms with Gasteiger partial charge in [0.25, 0.3) is 0 Å². The Balaban J connectivity index is 1.80. The Morgan fingerprint density at radius 1 is 1.03 bits per heavy atom. The van der Waals surface area contributed by atoms with Crippen molar-refractivity contribution < 1.29 is 19.6 Å². The molecule has 0 radical (unpaired) electrons. The maximum absolute atomic E-state index is 13.4. The van der Waals surface area contributed by atoms with Crippen molar-refractivity contribution in [1.29, 1.82) is 0 Å². The summed E-state index contributed by atoms with van der Waals surface area (Å²) in [5, 5.41) is 22.1. The molecule has 3 aromatic carbocycles. The van der Waals surface area contributed by atoms with Crippen LogP contribution in [0.3, 0.4) is 0 Å². The lowest BCUT2D eigenvalue weighted by Gasteiger charge is -2.41. The van der Waals surface area contributed by atoms with Crippen LogP contribution in [0.15, 0.2) is 78.9 Å². The van der Waals surface area contributed by atoms with Crippen molar-refractivity contribution in [2.24, 2.45) is 0 Å². The third-order valence-corrected chi connectivity index (χ3v) is 5.98. The van der Waals surface area contributed by atoms with Crippen LogP contribution in [-0.4, -0.2) is 34.0 Å². The van der Waals surface area contributed by atoms with Crippen LogP contribution < -0.4 is 4.74 Å². The van der Waals surface area contributed by atoms with Crippen LogP contribution in [0.2, 0.25) is 0 Å². The van der Waals surface area contributed by atoms with Crippen molar-refractivity contribution in [1.82, 2.24) is 4.90 Å². The largest absolute Gasteiger partial charge is 0.508 e. The van der Waals surface area contributed by atoms with E-state index < -0.39 is 18.0 Å². The fourth-order valence-electron chi connectivity index (χ4n) is 4.47. The average molecular weight is 432 g/mol. The highest BCUT2D eigenvalue weighted by atomic mass is 16.6. The minimum atomic E-state index is -1.04. The van der Waals surface area contributed by atoms with E-state index in [0.717, 1.165) is 11.1 Å². The second-order valence-electron chi connectivity index (χ2n) is 7.91. The van der Waals surface area contributed by atoms with Gasteiger partial charge in [-0.1, -0.05) is 54.6 Å². The number of hydrogen-bond donors (Lipinski definition) is 1. The highest BCUT2D eigenvalue weighted by Crippen LogP contribution is 2.43. The fraction of sp³-hybridized carbons (Fsp3) is 0.240. The van der Waals surface area contributed by atoms with Gasteiger partial charge >= 0.3 is 0 Å². The molecule has 0 saturated carbocycles. The van der Waals surface area contributed by atoms with Crippen LogP contribution >= 0.6 is 0 Å². The molecule has 164 valence electrons. The van der Waals surface area contributed by atoms with Crippen LogP contribution in [0, 0.1) is 10.1 Å². The lowest BCUT2D eigenvalue weighted by atomic mass is 9.78. The van der Waals surface area contributed by atoms with Crippen LogP contribution in [0.1, 0.15) is 35.1 Å². The third kappa shape index (κ3) is 4.27. The molecule has 3 aromatic rings. The van der Waals surface area contributed by atoms with E-state index >= 15 is 0 Å². The number of likely N-dealkylation sites (tertiary alicyclic amines) is 1. The van der Waals surface area contributed by atoms with Gasteiger partial charge in [-0.25, -0.2) is 0 Å². The fourth-order valence-corrected chi connectivity index (χ4v) is 4.47. The summed E-state index contributed by atoms with van der Waals surface area (Å²) >= 11 is 0. The first-order valence-electron chi connectivity index (χ1n) is 10.4. The second-order valence-corrected chi connectivity index (χ2v) is 7.91. The zero-order valence-electron chi connectivity index (χ0n) is 17.6. The van der Waals surface area contributed by atoms with Gasteiger partial charge in [0, 0.05) is 17.9 Å². The van der Waals surface area contributed by atoms with Crippen LogP contribution in [0.5, 0.6) is 11.5 Å². The van der Waals surface area contributed by atoms with E-state index in [-0.39, 0.29) is 29.5 Å². The van der Waals surface area contributed by atoms with E-state index in [9.17, 15) is 20.0 Å². The van der Waals surface area contributed by atoms with Crippen molar-refractivity contribution >= 4 is 5.91 Å². The topological polar surface area (TPSA) is 92.9 Å². The first kappa shape index (κ1) is 21.4. The molecule has 1 heterocycles. The van der Waals surface area contributed by atoms with Gasteiger partial charge in [-0.2, -0.15) is 0 Å². The Bertz CT molecular complexity index is 1100. The first-order chi connectivity index (χ1) is 15.5. The summed E-state index contributed by atoms with van der Waals surface area (Å²) in [4.78, 5) is 27.1. The number of nitrogens with zero attached hydrogens (tertiary/aromatic N) is 2. The molecular formula is C25H24N2O5. The first-order valence-corrected chi connectivity index (χ1v) is 10.4. The monoisotopic (exact) mass is 432 g/mol. The third-order valence-electron chi connectivity index (χ3n) is 5.98. The molecule has 7 nitrogen and oxygen atoms in total. The number of amides is 1. The molecule has 0 aromatic heterocycles. The van der Waals surface area contributed by atoms with E-state index in [1.54, 1.807) is 24.1 Å². The number of carbonyl (C=O) groups excluding carboxylic acids is 1. The van der Waals surface area contributed by atoms with Gasteiger partial charge in [0.15, 0.2) is 0 Å². The van der Waals surface area contributed by atoms with Crippen molar-refractivity contribution in [3.05, 3.63) is 106 Å². The zero-order valence-corrected chi connectivity index (χ0v) is 17.6. The minimum Gasteiger partial charge on any atom is -0.508 e. The summed E-state index contributed by atoms with van der Waals surface area (Å²) in [6, 6.07) is 21.0. The number of carbonyl (C=O) groups is 1. The van der Waals surface area contributed by atoms with Gasteiger partial charge < -0.3 is 14.7 Å². The molecule has 4 rings (SSSR count). The highest BCUT2D eigenvalue weighted by molar-refractivity contribution is 5.79. The number of piperidine rings is 1.